The number of hydrogen-bond acceptors (Lipinski definition) is 8. The minimum absolute atomic E-state index is 0.0240. The van der Waals surface area contributed by atoms with Gasteiger partial charge in [-0.3, -0.25) is 4.72 Å². The molecule has 0 spiro atoms. The molecule has 0 saturated heterocycles. The number of carbonyl (C=O) groups excluding carboxylic acids is 2. The summed E-state index contributed by atoms with van der Waals surface area (Å²) in [7, 11) is -1.34. The molecule has 0 bridgehead atoms. The van der Waals surface area contributed by atoms with Gasteiger partial charge in [0, 0.05) is 0 Å². The quantitative estimate of drug-likeness (QED) is 0.525. The topological polar surface area (TPSA) is 121 Å². The summed E-state index contributed by atoms with van der Waals surface area (Å²) in [5.74, 6) is -0.853. The summed E-state index contributed by atoms with van der Waals surface area (Å²) in [6.07, 6.45) is 0. The molecule has 31 heavy (non-hydrogen) atoms. The summed E-state index contributed by atoms with van der Waals surface area (Å²) < 4.78 is 48.0. The van der Waals surface area contributed by atoms with Crippen molar-refractivity contribution < 1.29 is 36.6 Å². The van der Waals surface area contributed by atoms with Crippen molar-refractivity contribution >= 4 is 27.6 Å². The van der Waals surface area contributed by atoms with Crippen LogP contribution in [-0.4, -0.2) is 34.6 Å². The molecule has 0 radical (unpaired) electrons. The van der Waals surface area contributed by atoms with Crippen molar-refractivity contribution in [2.45, 2.75) is 11.5 Å². The first-order chi connectivity index (χ1) is 14.8. The van der Waals surface area contributed by atoms with Crippen LogP contribution in [0.15, 0.2) is 70.0 Å². The highest BCUT2D eigenvalue weighted by molar-refractivity contribution is 7.92. The summed E-state index contributed by atoms with van der Waals surface area (Å²) in [6, 6.07) is 14.8. The van der Waals surface area contributed by atoms with Crippen LogP contribution in [0.2, 0.25) is 0 Å². The molecular weight excluding hydrogens is 426 g/mol. The zero-order chi connectivity index (χ0) is 22.4. The lowest BCUT2D eigenvalue weighted by Crippen LogP contribution is -2.14. The fourth-order valence-electron chi connectivity index (χ4n) is 2.61. The molecule has 0 aliphatic rings. The average molecular weight is 445 g/mol. The Labute approximate surface area is 178 Å². The van der Waals surface area contributed by atoms with Crippen LogP contribution in [0.1, 0.15) is 26.7 Å². The Morgan fingerprint density at radius 2 is 1.74 bits per heavy atom. The van der Waals surface area contributed by atoms with E-state index >= 15 is 0 Å². The van der Waals surface area contributed by atoms with Crippen LogP contribution in [0.4, 0.5) is 5.69 Å². The number of sulfonamides is 1. The van der Waals surface area contributed by atoms with Crippen LogP contribution in [0.5, 0.6) is 5.75 Å². The third-order valence-electron chi connectivity index (χ3n) is 4.13. The van der Waals surface area contributed by atoms with Gasteiger partial charge in [-0.1, -0.05) is 18.2 Å². The number of hydrogen-bond donors (Lipinski definition) is 1. The van der Waals surface area contributed by atoms with E-state index in [2.05, 4.69) is 9.46 Å². The van der Waals surface area contributed by atoms with Gasteiger partial charge >= 0.3 is 11.9 Å². The van der Waals surface area contributed by atoms with Gasteiger partial charge in [0.05, 0.1) is 30.4 Å². The zero-order valence-corrected chi connectivity index (χ0v) is 17.5. The number of benzene rings is 2. The van der Waals surface area contributed by atoms with E-state index in [1.807, 2.05) is 0 Å². The summed E-state index contributed by atoms with van der Waals surface area (Å²) in [5, 5.41) is 0. The van der Waals surface area contributed by atoms with Crippen LogP contribution >= 0.6 is 0 Å². The number of para-hydroxylation sites is 2. The van der Waals surface area contributed by atoms with Gasteiger partial charge in [0.1, 0.15) is 18.1 Å². The van der Waals surface area contributed by atoms with Gasteiger partial charge in [0.2, 0.25) is 5.76 Å². The number of anilines is 1. The van der Waals surface area contributed by atoms with Gasteiger partial charge < -0.3 is 18.6 Å². The Morgan fingerprint density at radius 1 is 0.968 bits per heavy atom. The number of nitrogens with one attached hydrogen (secondary N) is 1. The maximum absolute atomic E-state index is 12.7. The van der Waals surface area contributed by atoms with Gasteiger partial charge in [0.25, 0.3) is 10.0 Å². The van der Waals surface area contributed by atoms with E-state index in [9.17, 15) is 18.0 Å². The van der Waals surface area contributed by atoms with Gasteiger partial charge in [-0.25, -0.2) is 18.0 Å². The van der Waals surface area contributed by atoms with Crippen LogP contribution < -0.4 is 9.46 Å². The number of esters is 2. The summed E-state index contributed by atoms with van der Waals surface area (Å²) in [6.45, 7) is -0.244. The molecule has 0 fully saturated rings. The Morgan fingerprint density at radius 3 is 2.48 bits per heavy atom. The molecule has 1 heterocycles. The highest BCUT2D eigenvalue weighted by Crippen LogP contribution is 2.26. The maximum Gasteiger partial charge on any atom is 0.373 e. The maximum atomic E-state index is 12.7. The SMILES string of the molecule is COC(=O)c1ccc(COC(=O)c2cccc(S(=O)(=O)Nc3ccccc3OC)c2)o1. The van der Waals surface area contributed by atoms with Crippen molar-refractivity contribution in [3.8, 4) is 5.75 Å². The van der Waals surface area contributed by atoms with Gasteiger partial charge in [-0.05, 0) is 42.5 Å². The molecular formula is C21H19NO8S. The van der Waals surface area contributed by atoms with E-state index in [4.69, 9.17) is 13.9 Å². The molecule has 0 aliphatic heterocycles. The summed E-state index contributed by atoms with van der Waals surface area (Å²) in [5.41, 5.74) is 0.292. The Hall–Kier alpha value is -3.79. The molecule has 3 rings (SSSR count). The average Bonchev–Trinajstić information content (AvgIpc) is 3.26. The molecule has 10 heteroatoms. The van der Waals surface area contributed by atoms with Crippen LogP contribution in [0.25, 0.3) is 0 Å². The predicted octanol–water partition coefficient (Wildman–Crippen LogP) is 3.23. The second kappa shape index (κ2) is 9.35. The third-order valence-corrected chi connectivity index (χ3v) is 5.49. The molecule has 0 amide bonds. The second-order valence-corrected chi connectivity index (χ2v) is 7.85. The normalized spacial score (nSPS) is 10.9. The third kappa shape index (κ3) is 5.23. The predicted molar refractivity (Wildman–Crippen MR) is 109 cm³/mol. The summed E-state index contributed by atoms with van der Waals surface area (Å²) in [4.78, 5) is 23.6. The molecule has 0 aliphatic carbocycles. The second-order valence-electron chi connectivity index (χ2n) is 6.17. The van der Waals surface area contributed by atoms with Crippen molar-refractivity contribution in [3.05, 3.63) is 77.7 Å². The Bertz CT molecular complexity index is 1200. The first-order valence-electron chi connectivity index (χ1n) is 8.94. The number of carbonyl (C=O) groups is 2. The monoisotopic (exact) mass is 445 g/mol. The van der Waals surface area contributed by atoms with Crippen molar-refractivity contribution in [1.29, 1.82) is 0 Å². The van der Waals surface area contributed by atoms with Crippen molar-refractivity contribution in [1.82, 2.24) is 0 Å². The van der Waals surface area contributed by atoms with Crippen LogP contribution in [-0.2, 0) is 26.1 Å². The minimum Gasteiger partial charge on any atom is -0.495 e. The first-order valence-corrected chi connectivity index (χ1v) is 10.4. The molecule has 0 saturated carbocycles. The fraction of sp³-hybridized carbons (Fsp3) is 0.143. The Kier molecular flexibility index (Phi) is 6.61. The van der Waals surface area contributed by atoms with Crippen molar-refractivity contribution in [2.24, 2.45) is 0 Å². The van der Waals surface area contributed by atoms with E-state index in [1.54, 1.807) is 24.3 Å². The smallest absolute Gasteiger partial charge is 0.373 e. The van der Waals surface area contributed by atoms with Gasteiger partial charge in [-0.2, -0.15) is 0 Å². The number of furan rings is 1. The molecule has 1 N–H and O–H groups in total. The van der Waals surface area contributed by atoms with Crippen molar-refractivity contribution in [2.75, 3.05) is 18.9 Å². The number of ether oxygens (including phenoxy) is 3. The number of rotatable bonds is 8. The molecule has 3 aromatic rings. The van der Waals surface area contributed by atoms with E-state index in [0.717, 1.165) is 0 Å². The Balaban J connectivity index is 1.72. The molecule has 9 nitrogen and oxygen atoms in total. The lowest BCUT2D eigenvalue weighted by Gasteiger charge is -2.12. The lowest BCUT2D eigenvalue weighted by atomic mass is 10.2. The summed E-state index contributed by atoms with van der Waals surface area (Å²) >= 11 is 0. The first kappa shape index (κ1) is 21.9. The van der Waals surface area contributed by atoms with E-state index in [-0.39, 0.29) is 34.3 Å². The largest absolute Gasteiger partial charge is 0.495 e. The highest BCUT2D eigenvalue weighted by atomic mass is 32.2. The van der Waals surface area contributed by atoms with Gasteiger partial charge in [0.15, 0.2) is 0 Å². The highest BCUT2D eigenvalue weighted by Gasteiger charge is 2.19. The van der Waals surface area contributed by atoms with Crippen LogP contribution in [0, 0.1) is 0 Å². The minimum atomic E-state index is -3.99. The zero-order valence-electron chi connectivity index (χ0n) is 16.7. The number of methoxy groups -OCH3 is 2. The van der Waals surface area contributed by atoms with Crippen LogP contribution in [0.3, 0.4) is 0 Å². The molecule has 0 atom stereocenters. The van der Waals surface area contributed by atoms with Crippen molar-refractivity contribution in [3.63, 3.8) is 0 Å². The van der Waals surface area contributed by atoms with E-state index in [0.29, 0.717) is 5.75 Å². The fourth-order valence-corrected chi connectivity index (χ4v) is 3.72. The molecule has 0 unspecified atom stereocenters. The molecule has 162 valence electrons. The lowest BCUT2D eigenvalue weighted by molar-refractivity contribution is 0.0438. The van der Waals surface area contributed by atoms with E-state index in [1.165, 1.54) is 50.6 Å². The van der Waals surface area contributed by atoms with Gasteiger partial charge in [-0.15, -0.1) is 0 Å². The molecule has 1 aromatic heterocycles. The molecule has 2 aromatic carbocycles. The standard InChI is InChI=1S/C21H19NO8S/c1-27-18-9-4-3-8-17(18)22-31(25,26)16-7-5-6-14(12-16)20(23)29-13-15-10-11-19(30-15)21(24)28-2/h3-12,22H,13H2,1-2H3. The van der Waals surface area contributed by atoms with E-state index < -0.39 is 22.0 Å².